The standard InChI is InChI=1S/C14H18BrN3OS/c1-10-14(15)5-13(20-10)7-16-11-6-17-18(8-11)9-12-3-2-4-19-12/h5-6,8,12,16H,2-4,7,9H2,1H3. The molecule has 108 valence electrons. The van der Waals surface area contributed by atoms with Crippen LogP contribution in [0.4, 0.5) is 5.69 Å². The average Bonchev–Trinajstić information content (AvgIpc) is 3.12. The highest BCUT2D eigenvalue weighted by Gasteiger charge is 2.16. The number of halogens is 1. The van der Waals surface area contributed by atoms with E-state index in [-0.39, 0.29) is 0 Å². The van der Waals surface area contributed by atoms with Crippen LogP contribution in [0.15, 0.2) is 22.9 Å². The summed E-state index contributed by atoms with van der Waals surface area (Å²) in [4.78, 5) is 2.64. The van der Waals surface area contributed by atoms with Crippen molar-refractivity contribution in [1.82, 2.24) is 9.78 Å². The molecule has 3 heterocycles. The molecule has 0 saturated carbocycles. The van der Waals surface area contributed by atoms with E-state index in [1.165, 1.54) is 20.6 Å². The summed E-state index contributed by atoms with van der Waals surface area (Å²) < 4.78 is 8.78. The number of thiophene rings is 1. The fourth-order valence-electron chi connectivity index (χ4n) is 2.35. The first-order valence-electron chi connectivity index (χ1n) is 6.83. The van der Waals surface area contributed by atoms with Crippen LogP contribution in [0.1, 0.15) is 22.6 Å². The predicted octanol–water partition coefficient (Wildman–Crippen LogP) is 3.81. The molecule has 4 nitrogen and oxygen atoms in total. The average molecular weight is 356 g/mol. The van der Waals surface area contributed by atoms with Gasteiger partial charge in [0.1, 0.15) is 0 Å². The van der Waals surface area contributed by atoms with Crippen LogP contribution >= 0.6 is 27.3 Å². The van der Waals surface area contributed by atoms with Gasteiger partial charge in [0.05, 0.1) is 24.5 Å². The van der Waals surface area contributed by atoms with Crippen LogP contribution in [0.2, 0.25) is 0 Å². The van der Waals surface area contributed by atoms with Gasteiger partial charge in [0.2, 0.25) is 0 Å². The molecule has 0 aliphatic carbocycles. The zero-order valence-corrected chi connectivity index (χ0v) is 13.8. The SMILES string of the molecule is Cc1sc(CNc2cnn(CC3CCCO3)c2)cc1Br. The molecule has 1 fully saturated rings. The van der Waals surface area contributed by atoms with Gasteiger partial charge in [-0.15, -0.1) is 11.3 Å². The molecule has 6 heteroatoms. The van der Waals surface area contributed by atoms with Crippen LogP contribution in [0.5, 0.6) is 0 Å². The molecule has 0 aromatic carbocycles. The van der Waals surface area contributed by atoms with Gasteiger partial charge in [0, 0.05) is 33.6 Å². The first-order valence-corrected chi connectivity index (χ1v) is 8.44. The molecule has 0 amide bonds. The highest BCUT2D eigenvalue weighted by Crippen LogP contribution is 2.26. The third-order valence-corrected chi connectivity index (χ3v) is 5.56. The van der Waals surface area contributed by atoms with Gasteiger partial charge >= 0.3 is 0 Å². The van der Waals surface area contributed by atoms with Crippen molar-refractivity contribution in [2.75, 3.05) is 11.9 Å². The second-order valence-corrected chi connectivity index (χ2v) is 7.25. The summed E-state index contributed by atoms with van der Waals surface area (Å²) in [7, 11) is 0. The Morgan fingerprint density at radius 1 is 1.60 bits per heavy atom. The predicted molar refractivity (Wildman–Crippen MR) is 85.3 cm³/mol. The molecule has 1 N–H and O–H groups in total. The smallest absolute Gasteiger partial charge is 0.0771 e. The van der Waals surface area contributed by atoms with E-state index in [2.05, 4.69) is 45.5 Å². The van der Waals surface area contributed by atoms with E-state index in [1.54, 1.807) is 0 Å². The molecule has 1 aliphatic rings. The Balaban J connectivity index is 1.54. The largest absolute Gasteiger partial charge is 0.378 e. The Bertz CT molecular complexity index is 555. The van der Waals surface area contributed by atoms with Crippen molar-refractivity contribution >= 4 is 33.0 Å². The topological polar surface area (TPSA) is 39.1 Å². The maximum absolute atomic E-state index is 5.63. The van der Waals surface area contributed by atoms with E-state index < -0.39 is 0 Å². The van der Waals surface area contributed by atoms with Gasteiger partial charge in [0.15, 0.2) is 0 Å². The third-order valence-electron chi connectivity index (χ3n) is 3.42. The molecule has 0 bridgehead atoms. The number of nitrogens with one attached hydrogen (secondary N) is 1. The van der Waals surface area contributed by atoms with E-state index in [1.807, 2.05) is 22.2 Å². The molecule has 2 aromatic heterocycles. The van der Waals surface area contributed by atoms with E-state index in [4.69, 9.17) is 4.74 Å². The number of ether oxygens (including phenoxy) is 1. The minimum atomic E-state index is 0.332. The minimum absolute atomic E-state index is 0.332. The Morgan fingerprint density at radius 3 is 3.20 bits per heavy atom. The van der Waals surface area contributed by atoms with E-state index in [0.717, 1.165) is 31.8 Å². The molecule has 1 unspecified atom stereocenters. The van der Waals surface area contributed by atoms with E-state index >= 15 is 0 Å². The minimum Gasteiger partial charge on any atom is -0.378 e. The maximum atomic E-state index is 5.63. The lowest BCUT2D eigenvalue weighted by molar-refractivity contribution is 0.0940. The van der Waals surface area contributed by atoms with Crippen LogP contribution in [-0.4, -0.2) is 22.5 Å². The summed E-state index contributed by atoms with van der Waals surface area (Å²) in [5.41, 5.74) is 1.06. The van der Waals surface area contributed by atoms with Gasteiger partial charge in [-0.3, -0.25) is 4.68 Å². The molecule has 2 aromatic rings. The fraction of sp³-hybridized carbons (Fsp3) is 0.500. The van der Waals surface area contributed by atoms with Crippen molar-refractivity contribution < 1.29 is 4.74 Å². The van der Waals surface area contributed by atoms with Gasteiger partial charge in [-0.1, -0.05) is 0 Å². The summed E-state index contributed by atoms with van der Waals surface area (Å²) in [5, 5.41) is 7.80. The number of hydrogen-bond acceptors (Lipinski definition) is 4. The zero-order chi connectivity index (χ0) is 13.9. The van der Waals surface area contributed by atoms with Crippen molar-refractivity contribution in [3.05, 3.63) is 32.7 Å². The van der Waals surface area contributed by atoms with Gasteiger partial charge in [-0.05, 0) is 41.8 Å². The maximum Gasteiger partial charge on any atom is 0.0771 e. The van der Waals surface area contributed by atoms with Gasteiger partial charge < -0.3 is 10.1 Å². The lowest BCUT2D eigenvalue weighted by Gasteiger charge is -2.08. The Morgan fingerprint density at radius 2 is 2.50 bits per heavy atom. The monoisotopic (exact) mass is 355 g/mol. The quantitative estimate of drug-likeness (QED) is 0.886. The van der Waals surface area contributed by atoms with Crippen LogP contribution < -0.4 is 5.32 Å². The summed E-state index contributed by atoms with van der Waals surface area (Å²) >= 11 is 5.36. The molecule has 1 aliphatic heterocycles. The highest BCUT2D eigenvalue weighted by molar-refractivity contribution is 9.10. The number of aryl methyl sites for hydroxylation is 1. The fourth-order valence-corrected chi connectivity index (χ4v) is 3.89. The van der Waals surface area contributed by atoms with Crippen molar-refractivity contribution in [2.45, 2.75) is 39.0 Å². The molecule has 1 atom stereocenters. The van der Waals surface area contributed by atoms with Crippen molar-refractivity contribution in [2.24, 2.45) is 0 Å². The summed E-state index contributed by atoms with van der Waals surface area (Å²) in [6, 6.07) is 2.17. The van der Waals surface area contributed by atoms with Crippen LogP contribution in [-0.2, 0) is 17.8 Å². The molecular weight excluding hydrogens is 338 g/mol. The Kier molecular flexibility index (Phi) is 4.43. The molecule has 20 heavy (non-hydrogen) atoms. The Hall–Kier alpha value is -0.850. The van der Waals surface area contributed by atoms with Crippen LogP contribution in [0.25, 0.3) is 0 Å². The number of aromatic nitrogens is 2. The normalized spacial score (nSPS) is 18.6. The summed E-state index contributed by atoms with van der Waals surface area (Å²) in [6.45, 7) is 4.70. The van der Waals surface area contributed by atoms with Gasteiger partial charge in [-0.2, -0.15) is 5.10 Å². The number of rotatable bonds is 5. The van der Waals surface area contributed by atoms with Gasteiger partial charge in [-0.25, -0.2) is 0 Å². The van der Waals surface area contributed by atoms with Crippen molar-refractivity contribution in [3.8, 4) is 0 Å². The second kappa shape index (κ2) is 6.28. The first kappa shape index (κ1) is 14.1. The lowest BCUT2D eigenvalue weighted by Crippen LogP contribution is -2.15. The van der Waals surface area contributed by atoms with Crippen molar-refractivity contribution in [3.63, 3.8) is 0 Å². The number of anilines is 1. The molecule has 1 saturated heterocycles. The molecule has 0 spiro atoms. The van der Waals surface area contributed by atoms with Crippen molar-refractivity contribution in [1.29, 1.82) is 0 Å². The number of hydrogen-bond donors (Lipinski definition) is 1. The number of nitrogens with zero attached hydrogens (tertiary/aromatic N) is 2. The van der Waals surface area contributed by atoms with E-state index in [0.29, 0.717) is 6.10 Å². The summed E-state index contributed by atoms with van der Waals surface area (Å²) in [5.74, 6) is 0. The zero-order valence-electron chi connectivity index (χ0n) is 11.4. The molecular formula is C14H18BrN3OS. The first-order chi connectivity index (χ1) is 9.70. The molecule has 0 radical (unpaired) electrons. The lowest BCUT2D eigenvalue weighted by atomic mass is 10.2. The summed E-state index contributed by atoms with van der Waals surface area (Å²) in [6.07, 6.45) is 6.58. The van der Waals surface area contributed by atoms with Crippen LogP contribution in [0, 0.1) is 6.92 Å². The third kappa shape index (κ3) is 3.42. The second-order valence-electron chi connectivity index (χ2n) is 5.06. The highest BCUT2D eigenvalue weighted by atomic mass is 79.9. The van der Waals surface area contributed by atoms with Crippen LogP contribution in [0.3, 0.4) is 0 Å². The van der Waals surface area contributed by atoms with Gasteiger partial charge in [0.25, 0.3) is 0 Å². The van der Waals surface area contributed by atoms with E-state index in [9.17, 15) is 0 Å². The molecule has 3 rings (SSSR count). The Labute approximate surface area is 131 Å².